The average molecular weight is 263 g/mol. The van der Waals surface area contributed by atoms with Crippen molar-refractivity contribution in [3.63, 3.8) is 0 Å². The Labute approximate surface area is 102 Å². The third kappa shape index (κ3) is 4.51. The van der Waals surface area contributed by atoms with Crippen LogP contribution in [0.2, 0.25) is 5.28 Å². The number of halogens is 1. The first-order chi connectivity index (χ1) is 8.17. The molecule has 1 aromatic heterocycles. The number of hydrogen-bond donors (Lipinski definition) is 2. The number of carbonyl (C=O) groups excluding carboxylic acids is 1. The molecule has 7 nitrogen and oxygen atoms in total. The van der Waals surface area contributed by atoms with Gasteiger partial charge in [-0.15, -0.1) is 0 Å². The lowest BCUT2D eigenvalue weighted by Gasteiger charge is -2.06. The van der Waals surface area contributed by atoms with Crippen molar-refractivity contribution in [2.24, 2.45) is 0 Å². The number of esters is 1. The zero-order chi connectivity index (χ0) is 12.7. The summed E-state index contributed by atoms with van der Waals surface area (Å²) in [6.07, 6.45) is 0. The molecule has 0 saturated heterocycles. The summed E-state index contributed by atoms with van der Waals surface area (Å²) in [6.45, 7) is -0.573. The molecule has 0 saturated carbocycles. The Kier molecular flexibility index (Phi) is 5.61. The quantitative estimate of drug-likeness (QED) is 0.534. The Hall–Kier alpha value is -1.44. The van der Waals surface area contributed by atoms with Gasteiger partial charge in [0.05, 0.1) is 13.2 Å². The van der Waals surface area contributed by atoms with Crippen LogP contribution in [0, 0.1) is 0 Å². The molecule has 0 radical (unpaired) electrons. The predicted molar refractivity (Wildman–Crippen MR) is 57.0 cm³/mol. The third-order valence-corrected chi connectivity index (χ3v) is 1.72. The number of aliphatic hydroxyl groups excluding tert-OH is 2. The fourth-order valence-corrected chi connectivity index (χ4v) is 1.11. The van der Waals surface area contributed by atoms with Crippen LogP contribution in [0.3, 0.4) is 0 Å². The number of carbonyl (C=O) groups is 1. The number of hydrogen-bond acceptors (Lipinski definition) is 7. The molecule has 0 aliphatic carbocycles. The van der Waals surface area contributed by atoms with E-state index in [0.717, 1.165) is 0 Å². The van der Waals surface area contributed by atoms with Crippen LogP contribution in [0.5, 0.6) is 5.88 Å². The van der Waals surface area contributed by atoms with Crippen molar-refractivity contribution >= 4 is 17.6 Å². The van der Waals surface area contributed by atoms with Gasteiger partial charge in [-0.25, -0.2) is 9.78 Å². The smallest absolute Gasteiger partial charge is 0.357 e. The molecule has 1 heterocycles. The highest BCUT2D eigenvalue weighted by molar-refractivity contribution is 6.28. The standard InChI is InChI=1S/C9H11ClN2O5/c10-9-11-6(8(15)17-4-2-14)5-7(12-9)16-3-1-13/h5,13-14H,1-4H2. The summed E-state index contributed by atoms with van der Waals surface area (Å²) >= 11 is 5.59. The van der Waals surface area contributed by atoms with E-state index < -0.39 is 5.97 Å². The summed E-state index contributed by atoms with van der Waals surface area (Å²) in [7, 11) is 0. The molecule has 0 aromatic carbocycles. The Morgan fingerprint density at radius 1 is 1.29 bits per heavy atom. The third-order valence-electron chi connectivity index (χ3n) is 1.55. The Morgan fingerprint density at radius 2 is 2.00 bits per heavy atom. The highest BCUT2D eigenvalue weighted by atomic mass is 35.5. The molecule has 0 aliphatic rings. The zero-order valence-corrected chi connectivity index (χ0v) is 9.55. The van der Waals surface area contributed by atoms with Crippen LogP contribution < -0.4 is 4.74 Å². The SMILES string of the molecule is O=C(OCCO)c1cc(OCCO)nc(Cl)n1. The predicted octanol–water partition coefficient (Wildman–Crippen LogP) is -0.350. The van der Waals surface area contributed by atoms with Crippen LogP contribution in [-0.4, -0.2) is 52.6 Å². The van der Waals surface area contributed by atoms with Gasteiger partial charge in [-0.1, -0.05) is 0 Å². The maximum absolute atomic E-state index is 11.4. The molecule has 94 valence electrons. The molecular formula is C9H11ClN2O5. The molecule has 0 atom stereocenters. The zero-order valence-electron chi connectivity index (χ0n) is 8.80. The minimum absolute atomic E-state index is 0.0263. The van der Waals surface area contributed by atoms with Gasteiger partial charge in [0.25, 0.3) is 0 Å². The van der Waals surface area contributed by atoms with E-state index in [1.165, 1.54) is 6.07 Å². The Morgan fingerprint density at radius 3 is 2.65 bits per heavy atom. The van der Waals surface area contributed by atoms with Crippen LogP contribution in [-0.2, 0) is 4.74 Å². The lowest BCUT2D eigenvalue weighted by atomic mass is 10.4. The number of rotatable bonds is 6. The molecule has 0 bridgehead atoms. The molecule has 17 heavy (non-hydrogen) atoms. The van der Waals surface area contributed by atoms with Crippen molar-refractivity contribution < 1.29 is 24.5 Å². The molecule has 0 spiro atoms. The summed E-state index contributed by atoms with van der Waals surface area (Å²) < 4.78 is 9.64. The highest BCUT2D eigenvalue weighted by Crippen LogP contribution is 2.13. The molecule has 0 unspecified atom stereocenters. The van der Waals surface area contributed by atoms with E-state index >= 15 is 0 Å². The summed E-state index contributed by atoms with van der Waals surface area (Å²) in [4.78, 5) is 18.7. The topological polar surface area (TPSA) is 102 Å². The first-order valence-corrected chi connectivity index (χ1v) is 5.11. The Bertz CT molecular complexity index is 388. The molecule has 0 amide bonds. The van der Waals surface area contributed by atoms with Crippen LogP contribution in [0.4, 0.5) is 0 Å². The largest absolute Gasteiger partial charge is 0.475 e. The van der Waals surface area contributed by atoms with Gasteiger partial charge in [0, 0.05) is 6.07 Å². The van der Waals surface area contributed by atoms with Crippen LogP contribution in [0.1, 0.15) is 10.5 Å². The van der Waals surface area contributed by atoms with E-state index in [2.05, 4.69) is 14.7 Å². The normalized spacial score (nSPS) is 10.1. The summed E-state index contributed by atoms with van der Waals surface area (Å²) in [5.41, 5.74) is -0.0774. The van der Waals surface area contributed by atoms with Crippen molar-refractivity contribution in [3.05, 3.63) is 17.0 Å². The lowest BCUT2D eigenvalue weighted by molar-refractivity contribution is 0.0426. The van der Waals surface area contributed by atoms with E-state index in [-0.39, 0.29) is 43.3 Å². The molecule has 8 heteroatoms. The second kappa shape index (κ2) is 7.00. The maximum atomic E-state index is 11.4. The van der Waals surface area contributed by atoms with Gasteiger partial charge < -0.3 is 19.7 Å². The maximum Gasteiger partial charge on any atom is 0.357 e. The monoisotopic (exact) mass is 262 g/mol. The second-order valence-electron chi connectivity index (χ2n) is 2.79. The van der Waals surface area contributed by atoms with E-state index in [9.17, 15) is 4.79 Å². The second-order valence-corrected chi connectivity index (χ2v) is 3.13. The number of nitrogens with zero attached hydrogens (tertiary/aromatic N) is 2. The first kappa shape index (κ1) is 13.6. The Balaban J connectivity index is 2.77. The lowest BCUT2D eigenvalue weighted by Crippen LogP contribution is -2.12. The van der Waals surface area contributed by atoms with Crippen molar-refractivity contribution in [1.82, 2.24) is 9.97 Å². The molecule has 1 aromatic rings. The van der Waals surface area contributed by atoms with Crippen LogP contribution in [0.25, 0.3) is 0 Å². The van der Waals surface area contributed by atoms with E-state index in [0.29, 0.717) is 0 Å². The van der Waals surface area contributed by atoms with E-state index in [4.69, 9.17) is 26.6 Å². The van der Waals surface area contributed by atoms with Gasteiger partial charge in [-0.05, 0) is 11.6 Å². The fraction of sp³-hybridized carbons (Fsp3) is 0.444. The summed E-state index contributed by atoms with van der Waals surface area (Å²) in [5.74, 6) is -0.674. The first-order valence-electron chi connectivity index (χ1n) is 4.73. The van der Waals surface area contributed by atoms with Gasteiger partial charge in [-0.3, -0.25) is 0 Å². The minimum atomic E-state index is -0.739. The summed E-state index contributed by atoms with van der Waals surface area (Å²) in [5, 5.41) is 16.9. The van der Waals surface area contributed by atoms with E-state index in [1.54, 1.807) is 0 Å². The summed E-state index contributed by atoms with van der Waals surface area (Å²) in [6, 6.07) is 1.24. The highest BCUT2D eigenvalue weighted by Gasteiger charge is 2.13. The van der Waals surface area contributed by atoms with Gasteiger partial charge >= 0.3 is 5.97 Å². The van der Waals surface area contributed by atoms with Crippen molar-refractivity contribution in [3.8, 4) is 5.88 Å². The van der Waals surface area contributed by atoms with Crippen molar-refractivity contribution in [1.29, 1.82) is 0 Å². The number of aromatic nitrogens is 2. The van der Waals surface area contributed by atoms with Gasteiger partial charge in [0.15, 0.2) is 5.69 Å². The molecule has 2 N–H and O–H groups in total. The van der Waals surface area contributed by atoms with Crippen LogP contribution >= 0.6 is 11.6 Å². The average Bonchev–Trinajstić information content (AvgIpc) is 2.32. The van der Waals surface area contributed by atoms with Gasteiger partial charge in [0.2, 0.25) is 11.2 Å². The van der Waals surface area contributed by atoms with Crippen molar-refractivity contribution in [2.45, 2.75) is 0 Å². The number of ether oxygens (including phenoxy) is 2. The van der Waals surface area contributed by atoms with Gasteiger partial charge in [0.1, 0.15) is 13.2 Å². The van der Waals surface area contributed by atoms with Crippen LogP contribution in [0.15, 0.2) is 6.07 Å². The van der Waals surface area contributed by atoms with Gasteiger partial charge in [-0.2, -0.15) is 4.98 Å². The van der Waals surface area contributed by atoms with E-state index in [1.807, 2.05) is 0 Å². The van der Waals surface area contributed by atoms with Crippen molar-refractivity contribution in [2.75, 3.05) is 26.4 Å². The number of aliphatic hydroxyl groups is 2. The minimum Gasteiger partial charge on any atom is -0.475 e. The molecule has 1 rings (SSSR count). The fourth-order valence-electron chi connectivity index (χ4n) is 0.938. The molecule has 0 fully saturated rings. The molecule has 0 aliphatic heterocycles. The molecular weight excluding hydrogens is 252 g/mol.